The number of amides is 1. The van der Waals surface area contributed by atoms with E-state index in [1.807, 2.05) is 29.2 Å². The number of aromatic nitrogens is 1. The fraction of sp³-hybridized carbons (Fsp3) is 0.357. The average Bonchev–Trinajstić information content (AvgIpc) is 2.65. The molecule has 0 unspecified atom stereocenters. The predicted molar refractivity (Wildman–Crippen MR) is 69.6 cm³/mol. The minimum absolute atomic E-state index is 0.0953. The number of rotatable bonds is 1. The van der Waals surface area contributed by atoms with E-state index in [1.165, 1.54) is 0 Å². The summed E-state index contributed by atoms with van der Waals surface area (Å²) in [6, 6.07) is 7.89. The van der Waals surface area contributed by atoms with Crippen molar-refractivity contribution in [3.05, 3.63) is 36.0 Å². The molecule has 2 aromatic rings. The molecule has 1 N–H and O–H groups in total. The maximum absolute atomic E-state index is 12.5. The van der Waals surface area contributed by atoms with Crippen LogP contribution in [0.25, 0.3) is 10.9 Å². The summed E-state index contributed by atoms with van der Waals surface area (Å²) in [5, 5.41) is 0.993. The van der Waals surface area contributed by atoms with Gasteiger partial charge in [0.2, 0.25) is 0 Å². The first-order chi connectivity index (χ1) is 8.86. The van der Waals surface area contributed by atoms with Gasteiger partial charge in [-0.15, -0.1) is 0 Å². The molecule has 1 aliphatic heterocycles. The molecular weight excluding hydrogens is 228 g/mol. The Bertz CT molecular complexity index is 554. The van der Waals surface area contributed by atoms with Crippen molar-refractivity contribution in [1.29, 1.82) is 0 Å². The molecule has 1 amide bonds. The van der Waals surface area contributed by atoms with Gasteiger partial charge in [-0.2, -0.15) is 0 Å². The zero-order chi connectivity index (χ0) is 12.4. The molecule has 4 nitrogen and oxygen atoms in total. The van der Waals surface area contributed by atoms with Crippen LogP contribution in [0, 0.1) is 0 Å². The first kappa shape index (κ1) is 11.3. The van der Waals surface area contributed by atoms with E-state index >= 15 is 0 Å². The lowest BCUT2D eigenvalue weighted by Gasteiger charge is -2.19. The number of hydrogen-bond acceptors (Lipinski definition) is 2. The van der Waals surface area contributed by atoms with Gasteiger partial charge in [-0.1, -0.05) is 18.2 Å². The number of aromatic amines is 1. The van der Waals surface area contributed by atoms with Crippen LogP contribution >= 0.6 is 0 Å². The molecule has 1 aromatic heterocycles. The number of fused-ring (bicyclic) bond motifs is 1. The van der Waals surface area contributed by atoms with Gasteiger partial charge in [0.25, 0.3) is 5.91 Å². The number of benzene rings is 1. The molecule has 4 heteroatoms. The van der Waals surface area contributed by atoms with Crippen LogP contribution in [0.2, 0.25) is 0 Å². The Morgan fingerprint density at radius 2 is 2.11 bits per heavy atom. The van der Waals surface area contributed by atoms with Crippen LogP contribution in [-0.2, 0) is 4.74 Å². The van der Waals surface area contributed by atoms with Crippen LogP contribution in [0.5, 0.6) is 0 Å². The number of H-pyrrole nitrogens is 1. The number of nitrogens with one attached hydrogen (secondary N) is 1. The van der Waals surface area contributed by atoms with Crippen LogP contribution < -0.4 is 0 Å². The van der Waals surface area contributed by atoms with Crippen LogP contribution in [0.3, 0.4) is 0 Å². The van der Waals surface area contributed by atoms with Gasteiger partial charge < -0.3 is 14.6 Å². The van der Waals surface area contributed by atoms with Crippen molar-refractivity contribution >= 4 is 16.8 Å². The number of para-hydroxylation sites is 1. The number of carbonyl (C=O) groups is 1. The summed E-state index contributed by atoms with van der Waals surface area (Å²) in [6.07, 6.45) is 2.72. The minimum atomic E-state index is 0.0953. The van der Waals surface area contributed by atoms with Gasteiger partial charge >= 0.3 is 0 Å². The number of carbonyl (C=O) groups excluding carboxylic acids is 1. The second-order valence-electron chi connectivity index (χ2n) is 4.51. The Hall–Kier alpha value is -1.81. The normalized spacial score (nSPS) is 16.8. The van der Waals surface area contributed by atoms with Gasteiger partial charge in [0, 0.05) is 36.8 Å². The SMILES string of the molecule is O=C(c1c[nH]c2ccccc12)N1CCCOCC1. The fourth-order valence-electron chi connectivity index (χ4n) is 2.37. The molecule has 0 spiro atoms. The van der Waals surface area contributed by atoms with E-state index in [-0.39, 0.29) is 5.91 Å². The summed E-state index contributed by atoms with van der Waals surface area (Å²) in [6.45, 7) is 2.84. The third-order valence-corrected chi connectivity index (χ3v) is 3.33. The molecule has 0 saturated carbocycles. The van der Waals surface area contributed by atoms with E-state index in [1.54, 1.807) is 6.20 Å². The van der Waals surface area contributed by atoms with E-state index in [0.717, 1.165) is 36.0 Å². The summed E-state index contributed by atoms with van der Waals surface area (Å²) in [7, 11) is 0. The van der Waals surface area contributed by atoms with Crippen LogP contribution in [0.4, 0.5) is 0 Å². The van der Waals surface area contributed by atoms with Gasteiger partial charge in [0.1, 0.15) is 0 Å². The average molecular weight is 244 g/mol. The fourth-order valence-corrected chi connectivity index (χ4v) is 2.37. The Kier molecular flexibility index (Phi) is 3.02. The molecule has 94 valence electrons. The van der Waals surface area contributed by atoms with E-state index in [9.17, 15) is 4.79 Å². The lowest BCUT2D eigenvalue weighted by atomic mass is 10.1. The summed E-state index contributed by atoms with van der Waals surface area (Å²) in [4.78, 5) is 17.5. The monoisotopic (exact) mass is 244 g/mol. The molecule has 1 saturated heterocycles. The molecular formula is C14H16N2O2. The Balaban J connectivity index is 1.91. The van der Waals surface area contributed by atoms with E-state index < -0.39 is 0 Å². The van der Waals surface area contributed by atoms with Crippen molar-refractivity contribution in [1.82, 2.24) is 9.88 Å². The maximum atomic E-state index is 12.5. The smallest absolute Gasteiger partial charge is 0.256 e. The topological polar surface area (TPSA) is 45.3 Å². The quantitative estimate of drug-likeness (QED) is 0.834. The summed E-state index contributed by atoms with van der Waals surface area (Å²) < 4.78 is 5.38. The molecule has 2 heterocycles. The van der Waals surface area contributed by atoms with E-state index in [4.69, 9.17) is 4.74 Å². The molecule has 18 heavy (non-hydrogen) atoms. The second kappa shape index (κ2) is 4.82. The van der Waals surface area contributed by atoms with Crippen molar-refractivity contribution < 1.29 is 9.53 Å². The molecule has 1 fully saturated rings. The van der Waals surface area contributed by atoms with E-state index in [2.05, 4.69) is 4.98 Å². The van der Waals surface area contributed by atoms with Crippen molar-refractivity contribution in [3.63, 3.8) is 0 Å². The summed E-state index contributed by atoms with van der Waals surface area (Å²) in [5.41, 5.74) is 1.76. The van der Waals surface area contributed by atoms with Crippen LogP contribution in [0.1, 0.15) is 16.8 Å². The highest BCUT2D eigenvalue weighted by Gasteiger charge is 2.20. The van der Waals surface area contributed by atoms with Crippen LogP contribution in [-0.4, -0.2) is 42.1 Å². The molecule has 0 aliphatic carbocycles. The Labute approximate surface area is 106 Å². The highest BCUT2D eigenvalue weighted by atomic mass is 16.5. The van der Waals surface area contributed by atoms with Gasteiger partial charge in [0.15, 0.2) is 0 Å². The van der Waals surface area contributed by atoms with Gasteiger partial charge in [-0.3, -0.25) is 4.79 Å². The zero-order valence-electron chi connectivity index (χ0n) is 10.2. The number of nitrogens with zero attached hydrogens (tertiary/aromatic N) is 1. The molecule has 0 atom stereocenters. The maximum Gasteiger partial charge on any atom is 0.256 e. The van der Waals surface area contributed by atoms with Crippen molar-refractivity contribution in [2.75, 3.05) is 26.3 Å². The number of ether oxygens (including phenoxy) is 1. The molecule has 3 rings (SSSR count). The molecule has 0 bridgehead atoms. The van der Waals surface area contributed by atoms with Crippen molar-refractivity contribution in [2.24, 2.45) is 0 Å². The molecule has 1 aliphatic rings. The lowest BCUT2D eigenvalue weighted by molar-refractivity contribution is 0.0743. The first-order valence-corrected chi connectivity index (χ1v) is 6.29. The zero-order valence-corrected chi connectivity index (χ0v) is 10.2. The lowest BCUT2D eigenvalue weighted by Crippen LogP contribution is -2.33. The Morgan fingerprint density at radius 3 is 3.06 bits per heavy atom. The summed E-state index contributed by atoms with van der Waals surface area (Å²) >= 11 is 0. The molecule has 1 aromatic carbocycles. The van der Waals surface area contributed by atoms with Crippen molar-refractivity contribution in [3.8, 4) is 0 Å². The van der Waals surface area contributed by atoms with Gasteiger partial charge in [-0.05, 0) is 12.5 Å². The highest BCUT2D eigenvalue weighted by molar-refractivity contribution is 6.06. The predicted octanol–water partition coefficient (Wildman–Crippen LogP) is 2.03. The van der Waals surface area contributed by atoms with Gasteiger partial charge in [-0.25, -0.2) is 0 Å². The highest BCUT2D eigenvalue weighted by Crippen LogP contribution is 2.19. The Morgan fingerprint density at radius 1 is 1.22 bits per heavy atom. The third-order valence-electron chi connectivity index (χ3n) is 3.33. The van der Waals surface area contributed by atoms with E-state index in [0.29, 0.717) is 13.2 Å². The second-order valence-corrected chi connectivity index (χ2v) is 4.51. The third kappa shape index (κ3) is 1.99. The molecule has 0 radical (unpaired) electrons. The largest absolute Gasteiger partial charge is 0.380 e. The van der Waals surface area contributed by atoms with Gasteiger partial charge in [0.05, 0.1) is 12.2 Å². The summed E-state index contributed by atoms with van der Waals surface area (Å²) in [5.74, 6) is 0.0953. The standard InChI is InChI=1S/C14H16N2O2/c17-14(16-6-3-8-18-9-7-16)12-10-15-13-5-2-1-4-11(12)13/h1-2,4-5,10,15H,3,6-9H2. The van der Waals surface area contributed by atoms with Crippen molar-refractivity contribution in [2.45, 2.75) is 6.42 Å². The first-order valence-electron chi connectivity index (χ1n) is 6.29. The van der Waals surface area contributed by atoms with Crippen LogP contribution in [0.15, 0.2) is 30.5 Å². The minimum Gasteiger partial charge on any atom is -0.380 e. The number of hydrogen-bond donors (Lipinski definition) is 1.